The molecule has 0 bridgehead atoms. The summed E-state index contributed by atoms with van der Waals surface area (Å²) in [6.45, 7) is 8.24. The van der Waals surface area contributed by atoms with Gasteiger partial charge in [-0.05, 0) is 32.3 Å². The molecule has 1 heterocycles. The Bertz CT molecular complexity index is 433. The fraction of sp³-hybridized carbons (Fsp3) is 0.571. The summed E-state index contributed by atoms with van der Waals surface area (Å²) in [4.78, 5) is 15.8. The van der Waals surface area contributed by atoms with Gasteiger partial charge in [0.15, 0.2) is 0 Å². The Balaban J connectivity index is 2.85. The van der Waals surface area contributed by atoms with Crippen LogP contribution in [0, 0.1) is 5.92 Å². The van der Waals surface area contributed by atoms with Crippen LogP contribution >= 0.6 is 0 Å². The summed E-state index contributed by atoms with van der Waals surface area (Å²) in [6.07, 6.45) is 2.39. The second-order valence-electron chi connectivity index (χ2n) is 4.86. The van der Waals surface area contributed by atoms with E-state index in [0.29, 0.717) is 24.0 Å². The van der Waals surface area contributed by atoms with Gasteiger partial charge in [-0.15, -0.1) is 0 Å². The van der Waals surface area contributed by atoms with Gasteiger partial charge in [0.25, 0.3) is 0 Å². The number of esters is 1. The minimum absolute atomic E-state index is 0.00718. The Hall–Kier alpha value is -1.78. The maximum atomic E-state index is 11.7. The van der Waals surface area contributed by atoms with E-state index in [4.69, 9.17) is 15.2 Å². The van der Waals surface area contributed by atoms with Crippen molar-refractivity contribution in [2.75, 3.05) is 12.3 Å². The normalized spacial score (nSPS) is 12.3. The van der Waals surface area contributed by atoms with Crippen LogP contribution in [-0.2, 0) is 4.74 Å². The van der Waals surface area contributed by atoms with Crippen LogP contribution in [0.2, 0.25) is 0 Å². The first-order valence-electron chi connectivity index (χ1n) is 6.53. The summed E-state index contributed by atoms with van der Waals surface area (Å²) in [5, 5.41) is 0. The van der Waals surface area contributed by atoms with Crippen LogP contribution < -0.4 is 10.5 Å². The van der Waals surface area contributed by atoms with Gasteiger partial charge in [-0.2, -0.15) is 0 Å². The summed E-state index contributed by atoms with van der Waals surface area (Å²) in [6, 6.07) is 1.54. The number of rotatable bonds is 6. The first-order chi connectivity index (χ1) is 8.95. The van der Waals surface area contributed by atoms with Crippen LogP contribution in [-0.4, -0.2) is 23.7 Å². The molecule has 106 valence electrons. The Morgan fingerprint density at radius 2 is 2.11 bits per heavy atom. The van der Waals surface area contributed by atoms with Crippen molar-refractivity contribution in [2.45, 2.75) is 40.2 Å². The second kappa shape index (κ2) is 6.97. The Kier molecular flexibility index (Phi) is 5.60. The predicted molar refractivity (Wildman–Crippen MR) is 74.2 cm³/mol. The lowest BCUT2D eigenvalue weighted by Crippen LogP contribution is -2.17. The quantitative estimate of drug-likeness (QED) is 0.801. The standard InChI is InChI=1S/C14H22N2O3/c1-5-18-14(17)11-6-7-16-13(12(11)15)19-10(4)8-9(2)3/h6-7,9-10H,5,8,15H2,1-4H3. The number of carbonyl (C=O) groups is 1. The van der Waals surface area contributed by atoms with Crippen LogP contribution in [0.15, 0.2) is 12.3 Å². The van der Waals surface area contributed by atoms with Crippen LogP contribution in [0.3, 0.4) is 0 Å². The zero-order valence-electron chi connectivity index (χ0n) is 12.0. The number of nitrogens with zero attached hydrogens (tertiary/aromatic N) is 1. The topological polar surface area (TPSA) is 74.4 Å². The maximum Gasteiger partial charge on any atom is 0.340 e. The predicted octanol–water partition coefficient (Wildman–Crippen LogP) is 2.65. The van der Waals surface area contributed by atoms with Gasteiger partial charge in [-0.3, -0.25) is 0 Å². The fourth-order valence-corrected chi connectivity index (χ4v) is 1.84. The van der Waals surface area contributed by atoms with E-state index in [9.17, 15) is 4.79 Å². The summed E-state index contributed by atoms with van der Waals surface area (Å²) < 4.78 is 10.6. The molecule has 1 atom stereocenters. The molecule has 1 aromatic rings. The molecular weight excluding hydrogens is 244 g/mol. The first kappa shape index (κ1) is 15.3. The number of aromatic nitrogens is 1. The third-order valence-electron chi connectivity index (χ3n) is 2.57. The highest BCUT2D eigenvalue weighted by molar-refractivity contribution is 5.96. The van der Waals surface area contributed by atoms with E-state index in [0.717, 1.165) is 6.42 Å². The smallest absolute Gasteiger partial charge is 0.340 e. The molecule has 1 unspecified atom stereocenters. The molecule has 0 fully saturated rings. The van der Waals surface area contributed by atoms with Crippen molar-refractivity contribution in [1.82, 2.24) is 4.98 Å². The zero-order chi connectivity index (χ0) is 14.4. The van der Waals surface area contributed by atoms with Gasteiger partial charge in [0, 0.05) is 6.20 Å². The van der Waals surface area contributed by atoms with Crippen LogP contribution in [0.5, 0.6) is 5.88 Å². The molecule has 0 amide bonds. The SMILES string of the molecule is CCOC(=O)c1ccnc(OC(C)CC(C)C)c1N. The summed E-state index contributed by atoms with van der Waals surface area (Å²) >= 11 is 0. The van der Waals surface area contributed by atoms with Gasteiger partial charge in [0.05, 0.1) is 18.3 Å². The van der Waals surface area contributed by atoms with Gasteiger partial charge < -0.3 is 15.2 Å². The molecule has 0 saturated carbocycles. The summed E-state index contributed by atoms with van der Waals surface area (Å²) in [5.41, 5.74) is 6.43. The molecule has 0 aliphatic rings. The lowest BCUT2D eigenvalue weighted by Gasteiger charge is -2.17. The summed E-state index contributed by atoms with van der Waals surface area (Å²) in [5.74, 6) is 0.354. The minimum Gasteiger partial charge on any atom is -0.473 e. The Morgan fingerprint density at radius 1 is 1.42 bits per heavy atom. The molecule has 0 aliphatic heterocycles. The molecule has 2 N–H and O–H groups in total. The highest BCUT2D eigenvalue weighted by Crippen LogP contribution is 2.25. The monoisotopic (exact) mass is 266 g/mol. The third-order valence-corrected chi connectivity index (χ3v) is 2.57. The number of anilines is 1. The number of pyridine rings is 1. The largest absolute Gasteiger partial charge is 0.473 e. The minimum atomic E-state index is -0.455. The van der Waals surface area contributed by atoms with Crippen molar-refractivity contribution in [2.24, 2.45) is 5.92 Å². The molecular formula is C14H22N2O3. The molecule has 0 aliphatic carbocycles. The van der Waals surface area contributed by atoms with Gasteiger partial charge >= 0.3 is 5.97 Å². The molecule has 0 saturated heterocycles. The van der Waals surface area contributed by atoms with Crippen molar-refractivity contribution in [3.05, 3.63) is 17.8 Å². The third kappa shape index (κ3) is 4.43. The van der Waals surface area contributed by atoms with Crippen LogP contribution in [0.1, 0.15) is 44.5 Å². The lowest BCUT2D eigenvalue weighted by atomic mass is 10.1. The number of carbonyl (C=O) groups excluding carboxylic acids is 1. The lowest BCUT2D eigenvalue weighted by molar-refractivity contribution is 0.0526. The molecule has 19 heavy (non-hydrogen) atoms. The van der Waals surface area contributed by atoms with Crippen molar-refractivity contribution in [3.8, 4) is 5.88 Å². The van der Waals surface area contributed by atoms with Gasteiger partial charge in [0.1, 0.15) is 5.69 Å². The van der Waals surface area contributed by atoms with E-state index in [-0.39, 0.29) is 11.8 Å². The van der Waals surface area contributed by atoms with E-state index >= 15 is 0 Å². The number of ether oxygens (including phenoxy) is 2. The van der Waals surface area contributed by atoms with Gasteiger partial charge in [-0.1, -0.05) is 13.8 Å². The summed E-state index contributed by atoms with van der Waals surface area (Å²) in [7, 11) is 0. The van der Waals surface area contributed by atoms with Crippen LogP contribution in [0.4, 0.5) is 5.69 Å². The average Bonchev–Trinajstić information content (AvgIpc) is 2.31. The van der Waals surface area contributed by atoms with Crippen LogP contribution in [0.25, 0.3) is 0 Å². The van der Waals surface area contributed by atoms with Crippen molar-refractivity contribution in [1.29, 1.82) is 0 Å². The molecule has 1 aromatic heterocycles. The van der Waals surface area contributed by atoms with E-state index in [1.54, 1.807) is 6.92 Å². The molecule has 0 aromatic carbocycles. The van der Waals surface area contributed by atoms with Crippen molar-refractivity contribution >= 4 is 11.7 Å². The molecule has 0 radical (unpaired) electrons. The van der Waals surface area contributed by atoms with Gasteiger partial charge in [0.2, 0.25) is 5.88 Å². The number of hydrogen-bond acceptors (Lipinski definition) is 5. The zero-order valence-corrected chi connectivity index (χ0v) is 12.0. The fourth-order valence-electron chi connectivity index (χ4n) is 1.84. The van der Waals surface area contributed by atoms with E-state index < -0.39 is 5.97 Å². The van der Waals surface area contributed by atoms with E-state index in [1.807, 2.05) is 6.92 Å². The molecule has 0 spiro atoms. The Labute approximate surface area is 114 Å². The maximum absolute atomic E-state index is 11.7. The van der Waals surface area contributed by atoms with E-state index in [2.05, 4.69) is 18.8 Å². The van der Waals surface area contributed by atoms with Crippen molar-refractivity contribution < 1.29 is 14.3 Å². The van der Waals surface area contributed by atoms with Crippen molar-refractivity contribution in [3.63, 3.8) is 0 Å². The highest BCUT2D eigenvalue weighted by atomic mass is 16.5. The average molecular weight is 266 g/mol. The van der Waals surface area contributed by atoms with E-state index in [1.165, 1.54) is 12.3 Å². The number of nitrogen functional groups attached to an aromatic ring is 1. The number of hydrogen-bond donors (Lipinski definition) is 1. The van der Waals surface area contributed by atoms with Gasteiger partial charge in [-0.25, -0.2) is 9.78 Å². The highest BCUT2D eigenvalue weighted by Gasteiger charge is 2.17. The number of nitrogens with two attached hydrogens (primary N) is 1. The molecule has 5 nitrogen and oxygen atoms in total. The molecule has 1 rings (SSSR count). The Morgan fingerprint density at radius 3 is 2.68 bits per heavy atom. The second-order valence-corrected chi connectivity index (χ2v) is 4.86. The molecule has 5 heteroatoms. The first-order valence-corrected chi connectivity index (χ1v) is 6.53.